The van der Waals surface area contributed by atoms with E-state index in [2.05, 4.69) is 78.0 Å². The molecule has 0 aliphatic carbocycles. The van der Waals surface area contributed by atoms with Gasteiger partial charge < -0.3 is 14.4 Å². The molecule has 0 amide bonds. The lowest BCUT2D eigenvalue weighted by molar-refractivity contribution is -0.671. The Balaban J connectivity index is 1.89. The second-order valence-electron chi connectivity index (χ2n) is 8.07. The summed E-state index contributed by atoms with van der Waals surface area (Å²) in [6, 6.07) is 17.3. The largest absolute Gasteiger partial charge is 0.497 e. The third-order valence-corrected chi connectivity index (χ3v) is 6.08. The van der Waals surface area contributed by atoms with E-state index in [0.29, 0.717) is 0 Å². The number of methoxy groups -OCH3 is 2. The van der Waals surface area contributed by atoms with Crippen LogP contribution < -0.4 is 14.2 Å². The van der Waals surface area contributed by atoms with E-state index in [1.54, 1.807) is 14.2 Å². The maximum atomic E-state index is 6.12. The van der Waals surface area contributed by atoms with E-state index in [4.69, 9.17) is 9.47 Å². The van der Waals surface area contributed by atoms with Crippen LogP contribution in [-0.4, -0.2) is 20.8 Å². The number of rotatable bonds is 7. The molecule has 0 saturated carbocycles. The molecule has 0 unspecified atom stereocenters. The van der Waals surface area contributed by atoms with Crippen molar-refractivity contribution in [2.24, 2.45) is 0 Å². The molecule has 0 atom stereocenters. The minimum Gasteiger partial charge on any atom is -0.497 e. The van der Waals surface area contributed by atoms with Crippen molar-refractivity contribution < 1.29 is 14.0 Å². The summed E-state index contributed by atoms with van der Waals surface area (Å²) in [5.41, 5.74) is 6.28. The lowest BCUT2D eigenvalue weighted by Crippen LogP contribution is -2.34. The minimum absolute atomic E-state index is 0.920. The number of hydrogen-bond donors (Lipinski definition) is 0. The molecule has 4 rings (SSSR count). The van der Waals surface area contributed by atoms with Crippen molar-refractivity contribution in [1.29, 1.82) is 0 Å². The standard InChI is InChI=1S/C27H33N2O2/c1-5-16-28-18-15-23(22-9-7-8-10-25(22)28)27(31-4)26-13-11-20-19-21(30-3)12-14-24(20)29(26)17-6-2/h7-10,12,14-15,18-19H,5-6,11,13,16-17H2,1-4H3/q+1. The summed E-state index contributed by atoms with van der Waals surface area (Å²) < 4.78 is 13.9. The fraction of sp³-hybridized carbons (Fsp3) is 0.370. The summed E-state index contributed by atoms with van der Waals surface area (Å²) in [6.45, 7) is 6.42. The molecule has 1 aromatic heterocycles. The first-order chi connectivity index (χ1) is 15.2. The lowest BCUT2D eigenvalue weighted by atomic mass is 9.95. The van der Waals surface area contributed by atoms with Gasteiger partial charge in [0.05, 0.1) is 25.3 Å². The van der Waals surface area contributed by atoms with Crippen LogP contribution in [0.4, 0.5) is 5.69 Å². The molecule has 2 aromatic carbocycles. The van der Waals surface area contributed by atoms with Gasteiger partial charge in [-0.25, -0.2) is 0 Å². The van der Waals surface area contributed by atoms with Gasteiger partial charge in [0.2, 0.25) is 5.52 Å². The van der Waals surface area contributed by atoms with E-state index >= 15 is 0 Å². The Bertz CT molecular complexity index is 1100. The monoisotopic (exact) mass is 417 g/mol. The summed E-state index contributed by atoms with van der Waals surface area (Å²) >= 11 is 0. The van der Waals surface area contributed by atoms with E-state index in [0.717, 1.165) is 50.3 Å². The summed E-state index contributed by atoms with van der Waals surface area (Å²) in [5.74, 6) is 1.90. The van der Waals surface area contributed by atoms with E-state index in [1.807, 2.05) is 0 Å². The first kappa shape index (κ1) is 21.2. The van der Waals surface area contributed by atoms with Gasteiger partial charge in [-0.3, -0.25) is 0 Å². The van der Waals surface area contributed by atoms with Gasteiger partial charge in [-0.15, -0.1) is 0 Å². The normalized spacial score (nSPS) is 15.0. The number of ether oxygens (including phenoxy) is 2. The molecular weight excluding hydrogens is 384 g/mol. The number of para-hydroxylation sites is 1. The third kappa shape index (κ3) is 3.99. The fourth-order valence-corrected chi connectivity index (χ4v) is 4.70. The van der Waals surface area contributed by atoms with E-state index < -0.39 is 0 Å². The van der Waals surface area contributed by atoms with Crippen LogP contribution in [0.25, 0.3) is 16.7 Å². The third-order valence-electron chi connectivity index (χ3n) is 6.08. The van der Waals surface area contributed by atoms with Gasteiger partial charge >= 0.3 is 0 Å². The van der Waals surface area contributed by atoms with Crippen LogP contribution in [0.5, 0.6) is 5.75 Å². The molecule has 4 heteroatoms. The van der Waals surface area contributed by atoms with Crippen LogP contribution in [0.15, 0.2) is 60.4 Å². The Kier molecular flexibility index (Phi) is 6.45. The number of anilines is 1. The van der Waals surface area contributed by atoms with Gasteiger partial charge in [-0.2, -0.15) is 4.57 Å². The predicted molar refractivity (Wildman–Crippen MR) is 127 cm³/mol. The predicted octanol–water partition coefficient (Wildman–Crippen LogP) is 5.72. The Hall–Kier alpha value is -3.01. The average Bonchev–Trinajstić information content (AvgIpc) is 2.81. The number of fused-ring (bicyclic) bond motifs is 2. The quantitative estimate of drug-likeness (QED) is 0.363. The number of aryl methyl sites for hydroxylation is 2. The molecular formula is C27H33N2O2+. The molecule has 4 nitrogen and oxygen atoms in total. The van der Waals surface area contributed by atoms with Gasteiger partial charge in [0.1, 0.15) is 18.1 Å². The molecule has 0 saturated heterocycles. The van der Waals surface area contributed by atoms with E-state index in [-0.39, 0.29) is 0 Å². The number of pyridine rings is 1. The Morgan fingerprint density at radius 2 is 1.84 bits per heavy atom. The topological polar surface area (TPSA) is 25.6 Å². The lowest BCUT2D eigenvalue weighted by Gasteiger charge is -2.35. The van der Waals surface area contributed by atoms with Crippen LogP contribution in [0.3, 0.4) is 0 Å². The minimum atomic E-state index is 0.920. The highest BCUT2D eigenvalue weighted by molar-refractivity contribution is 5.90. The van der Waals surface area contributed by atoms with Crippen molar-refractivity contribution in [3.8, 4) is 5.75 Å². The summed E-state index contributed by atoms with van der Waals surface area (Å²) in [7, 11) is 3.53. The van der Waals surface area contributed by atoms with Gasteiger partial charge in [0.25, 0.3) is 0 Å². The number of benzene rings is 2. The first-order valence-electron chi connectivity index (χ1n) is 11.3. The maximum absolute atomic E-state index is 6.12. The van der Waals surface area contributed by atoms with Gasteiger partial charge in [0.15, 0.2) is 6.20 Å². The van der Waals surface area contributed by atoms with Crippen molar-refractivity contribution >= 4 is 22.3 Å². The summed E-state index contributed by atoms with van der Waals surface area (Å²) in [5, 5.41) is 1.24. The Morgan fingerprint density at radius 3 is 2.58 bits per heavy atom. The average molecular weight is 418 g/mol. The van der Waals surface area contributed by atoms with Gasteiger partial charge in [-0.1, -0.05) is 26.0 Å². The zero-order valence-electron chi connectivity index (χ0n) is 19.1. The maximum Gasteiger partial charge on any atom is 0.213 e. The zero-order valence-corrected chi connectivity index (χ0v) is 19.1. The number of aromatic nitrogens is 1. The Morgan fingerprint density at radius 1 is 1.00 bits per heavy atom. The van der Waals surface area contributed by atoms with E-state index in [1.165, 1.54) is 33.4 Å². The van der Waals surface area contributed by atoms with Crippen LogP contribution in [0, 0.1) is 0 Å². The Labute approximate surface area is 185 Å². The number of allylic oxidation sites excluding steroid dienone is 1. The van der Waals surface area contributed by atoms with Crippen molar-refractivity contribution in [1.82, 2.24) is 0 Å². The molecule has 0 spiro atoms. The smallest absolute Gasteiger partial charge is 0.213 e. The SMILES string of the molecule is CCCN1/C(=C(\OC)c2cc[n+](CCC)c3ccccc23)CCc2cc(OC)ccc21. The molecule has 3 aromatic rings. The zero-order chi connectivity index (χ0) is 21.8. The molecule has 31 heavy (non-hydrogen) atoms. The van der Waals surface area contributed by atoms with Crippen molar-refractivity contribution in [3.63, 3.8) is 0 Å². The molecule has 0 N–H and O–H groups in total. The second kappa shape index (κ2) is 9.42. The number of hydrogen-bond acceptors (Lipinski definition) is 3. The second-order valence-corrected chi connectivity index (χ2v) is 8.07. The molecule has 1 aliphatic rings. The highest BCUT2D eigenvalue weighted by atomic mass is 16.5. The number of nitrogens with zero attached hydrogens (tertiary/aromatic N) is 2. The molecule has 2 heterocycles. The van der Waals surface area contributed by atoms with Crippen molar-refractivity contribution in [2.45, 2.75) is 46.1 Å². The van der Waals surface area contributed by atoms with Gasteiger partial charge in [0, 0.05) is 36.3 Å². The molecule has 0 fully saturated rings. The molecule has 1 aliphatic heterocycles. The molecule has 0 radical (unpaired) electrons. The molecule has 162 valence electrons. The summed E-state index contributed by atoms with van der Waals surface area (Å²) in [6.07, 6.45) is 6.30. The van der Waals surface area contributed by atoms with Crippen molar-refractivity contribution in [2.75, 3.05) is 25.7 Å². The van der Waals surface area contributed by atoms with Crippen LogP contribution in [0.2, 0.25) is 0 Å². The van der Waals surface area contributed by atoms with Crippen LogP contribution in [-0.2, 0) is 17.7 Å². The highest BCUT2D eigenvalue weighted by Crippen LogP contribution is 2.39. The molecule has 0 bridgehead atoms. The van der Waals surface area contributed by atoms with Crippen LogP contribution >= 0.6 is 0 Å². The van der Waals surface area contributed by atoms with Crippen LogP contribution in [0.1, 0.15) is 44.2 Å². The van der Waals surface area contributed by atoms with Gasteiger partial charge in [-0.05, 0) is 49.1 Å². The highest BCUT2D eigenvalue weighted by Gasteiger charge is 2.27. The summed E-state index contributed by atoms with van der Waals surface area (Å²) in [4.78, 5) is 2.44. The first-order valence-corrected chi connectivity index (χ1v) is 11.3. The van der Waals surface area contributed by atoms with Crippen molar-refractivity contribution in [3.05, 3.63) is 71.6 Å². The van der Waals surface area contributed by atoms with E-state index in [9.17, 15) is 0 Å². The fourth-order valence-electron chi connectivity index (χ4n) is 4.70.